The van der Waals surface area contributed by atoms with Gasteiger partial charge in [0.2, 0.25) is 5.91 Å². The third-order valence-electron chi connectivity index (χ3n) is 5.70. The van der Waals surface area contributed by atoms with Crippen molar-refractivity contribution in [3.63, 3.8) is 0 Å². The molecule has 0 aromatic carbocycles. The zero-order chi connectivity index (χ0) is 18.0. The van der Waals surface area contributed by atoms with Crippen LogP contribution in [0.5, 0.6) is 0 Å². The van der Waals surface area contributed by atoms with Crippen LogP contribution in [0.15, 0.2) is 47.5 Å². The number of nitrogens with zero attached hydrogens (tertiary/aromatic N) is 3. The predicted molar refractivity (Wildman–Crippen MR) is 95.2 cm³/mol. The largest absolute Gasteiger partial charge is 0.472 e. The lowest BCUT2D eigenvalue weighted by atomic mass is 9.79. The van der Waals surface area contributed by atoms with E-state index in [1.807, 2.05) is 28.1 Å². The van der Waals surface area contributed by atoms with Gasteiger partial charge in [-0.15, -0.1) is 0 Å². The molecule has 0 N–H and O–H groups in total. The van der Waals surface area contributed by atoms with Crippen LogP contribution in [0.2, 0.25) is 0 Å². The molecular formula is C20H23N3O3. The summed E-state index contributed by atoms with van der Waals surface area (Å²) >= 11 is 0. The highest BCUT2D eigenvalue weighted by molar-refractivity contribution is 5.94. The lowest BCUT2D eigenvalue weighted by Crippen LogP contribution is -2.36. The minimum atomic E-state index is -0.312. The van der Waals surface area contributed by atoms with Gasteiger partial charge < -0.3 is 14.2 Å². The Hall–Kier alpha value is -2.63. The molecule has 0 saturated carbocycles. The van der Waals surface area contributed by atoms with E-state index in [9.17, 15) is 9.59 Å². The van der Waals surface area contributed by atoms with Crippen LogP contribution in [0, 0.1) is 5.41 Å². The summed E-state index contributed by atoms with van der Waals surface area (Å²) in [4.78, 5) is 33.6. The van der Waals surface area contributed by atoms with Gasteiger partial charge in [-0.05, 0) is 43.4 Å². The molecule has 6 heteroatoms. The number of aromatic nitrogens is 1. The normalized spacial score (nSPS) is 23.5. The average Bonchev–Trinajstić information content (AvgIpc) is 3.23. The topological polar surface area (TPSA) is 66.7 Å². The van der Waals surface area contributed by atoms with Crippen molar-refractivity contribution >= 4 is 11.8 Å². The number of amides is 2. The van der Waals surface area contributed by atoms with Crippen LogP contribution in [0.3, 0.4) is 0 Å². The van der Waals surface area contributed by atoms with Crippen LogP contribution in [0.1, 0.15) is 41.6 Å². The van der Waals surface area contributed by atoms with E-state index in [4.69, 9.17) is 4.42 Å². The summed E-state index contributed by atoms with van der Waals surface area (Å²) in [7, 11) is 0. The van der Waals surface area contributed by atoms with Crippen LogP contribution in [-0.2, 0) is 11.3 Å². The fourth-order valence-corrected chi connectivity index (χ4v) is 4.19. The van der Waals surface area contributed by atoms with Crippen molar-refractivity contribution in [2.24, 2.45) is 5.41 Å². The number of rotatable bonds is 3. The summed E-state index contributed by atoms with van der Waals surface area (Å²) in [5.74, 6) is 0.229. The van der Waals surface area contributed by atoms with Crippen molar-refractivity contribution in [3.8, 4) is 0 Å². The van der Waals surface area contributed by atoms with Crippen molar-refractivity contribution in [2.45, 2.75) is 32.2 Å². The van der Waals surface area contributed by atoms with Crippen LogP contribution in [0.25, 0.3) is 0 Å². The zero-order valence-corrected chi connectivity index (χ0v) is 14.8. The Balaban J connectivity index is 1.43. The second-order valence-electron chi connectivity index (χ2n) is 7.28. The summed E-state index contributed by atoms with van der Waals surface area (Å²) < 4.78 is 5.03. The monoisotopic (exact) mass is 353 g/mol. The summed E-state index contributed by atoms with van der Waals surface area (Å²) in [6.45, 7) is 2.72. The molecule has 2 aromatic rings. The highest BCUT2D eigenvalue weighted by Gasteiger charge is 2.47. The van der Waals surface area contributed by atoms with Gasteiger partial charge in [-0.1, -0.05) is 6.07 Å². The number of carbonyl (C=O) groups excluding carboxylic acids is 2. The summed E-state index contributed by atoms with van der Waals surface area (Å²) in [6.07, 6.45) is 9.88. The Kier molecular flexibility index (Phi) is 4.49. The summed E-state index contributed by atoms with van der Waals surface area (Å²) in [5.41, 5.74) is 1.33. The van der Waals surface area contributed by atoms with Crippen molar-refractivity contribution in [3.05, 3.63) is 54.2 Å². The van der Waals surface area contributed by atoms with Gasteiger partial charge in [0.1, 0.15) is 6.26 Å². The predicted octanol–water partition coefficient (Wildman–Crippen LogP) is 2.72. The molecule has 2 saturated heterocycles. The molecule has 2 aromatic heterocycles. The average molecular weight is 353 g/mol. The molecule has 136 valence electrons. The molecule has 0 unspecified atom stereocenters. The quantitative estimate of drug-likeness (QED) is 0.851. The number of furan rings is 1. The molecule has 0 bridgehead atoms. The Morgan fingerprint density at radius 2 is 2.08 bits per heavy atom. The number of hydrogen-bond acceptors (Lipinski definition) is 4. The highest BCUT2D eigenvalue weighted by atomic mass is 16.3. The maximum Gasteiger partial charge on any atom is 0.257 e. The Labute approximate surface area is 152 Å². The third-order valence-corrected chi connectivity index (χ3v) is 5.70. The molecule has 26 heavy (non-hydrogen) atoms. The molecule has 4 rings (SSSR count). The van der Waals surface area contributed by atoms with E-state index in [0.717, 1.165) is 37.8 Å². The maximum atomic E-state index is 13.1. The first kappa shape index (κ1) is 16.8. The molecule has 2 aliphatic rings. The van der Waals surface area contributed by atoms with E-state index in [1.54, 1.807) is 12.3 Å². The van der Waals surface area contributed by atoms with Gasteiger partial charge in [-0.3, -0.25) is 14.6 Å². The fourth-order valence-electron chi connectivity index (χ4n) is 4.19. The number of pyridine rings is 1. The lowest BCUT2D eigenvalue weighted by molar-refractivity contribution is -0.137. The molecule has 4 heterocycles. The number of likely N-dealkylation sites (tertiary alicyclic amines) is 2. The van der Waals surface area contributed by atoms with Gasteiger partial charge in [0.15, 0.2) is 0 Å². The van der Waals surface area contributed by atoms with E-state index in [0.29, 0.717) is 25.2 Å². The summed E-state index contributed by atoms with van der Waals surface area (Å²) in [5, 5.41) is 0. The van der Waals surface area contributed by atoms with E-state index in [2.05, 4.69) is 4.98 Å². The van der Waals surface area contributed by atoms with E-state index in [-0.39, 0.29) is 17.2 Å². The smallest absolute Gasteiger partial charge is 0.257 e. The lowest BCUT2D eigenvalue weighted by Gasteiger charge is -2.26. The summed E-state index contributed by atoms with van der Waals surface area (Å²) in [6, 6.07) is 5.60. The second-order valence-corrected chi connectivity index (χ2v) is 7.28. The Morgan fingerprint density at radius 1 is 1.19 bits per heavy atom. The first-order chi connectivity index (χ1) is 12.7. The highest BCUT2D eigenvalue weighted by Crippen LogP contribution is 2.42. The van der Waals surface area contributed by atoms with Gasteiger partial charge in [-0.2, -0.15) is 0 Å². The molecule has 0 aliphatic carbocycles. The molecule has 1 spiro atoms. The first-order valence-corrected chi connectivity index (χ1v) is 9.18. The van der Waals surface area contributed by atoms with Gasteiger partial charge in [0.25, 0.3) is 5.91 Å². The Bertz CT molecular complexity index is 775. The number of hydrogen-bond donors (Lipinski definition) is 0. The van der Waals surface area contributed by atoms with Crippen molar-refractivity contribution in [1.82, 2.24) is 14.8 Å². The molecule has 2 aliphatic heterocycles. The van der Waals surface area contributed by atoms with Crippen LogP contribution in [0.4, 0.5) is 0 Å². The first-order valence-electron chi connectivity index (χ1n) is 9.18. The van der Waals surface area contributed by atoms with Gasteiger partial charge in [0.05, 0.1) is 17.2 Å². The van der Waals surface area contributed by atoms with E-state index in [1.165, 1.54) is 12.5 Å². The SMILES string of the molecule is O=C(c1ccoc1)N1CCC[C@@]2(CC1)CCN(Cc1cccnc1)C2=O. The van der Waals surface area contributed by atoms with Crippen molar-refractivity contribution in [2.75, 3.05) is 19.6 Å². The molecule has 6 nitrogen and oxygen atoms in total. The van der Waals surface area contributed by atoms with Crippen molar-refractivity contribution in [1.29, 1.82) is 0 Å². The van der Waals surface area contributed by atoms with Gasteiger partial charge in [0, 0.05) is 38.6 Å². The van der Waals surface area contributed by atoms with Crippen LogP contribution < -0.4 is 0 Å². The maximum absolute atomic E-state index is 13.1. The third kappa shape index (κ3) is 3.11. The molecule has 0 radical (unpaired) electrons. The van der Waals surface area contributed by atoms with Gasteiger partial charge >= 0.3 is 0 Å². The molecule has 2 amide bonds. The van der Waals surface area contributed by atoms with E-state index >= 15 is 0 Å². The van der Waals surface area contributed by atoms with Crippen LogP contribution in [-0.4, -0.2) is 46.2 Å². The van der Waals surface area contributed by atoms with Crippen molar-refractivity contribution < 1.29 is 14.0 Å². The fraction of sp³-hybridized carbons (Fsp3) is 0.450. The minimum Gasteiger partial charge on any atom is -0.472 e. The van der Waals surface area contributed by atoms with Gasteiger partial charge in [-0.25, -0.2) is 0 Å². The van der Waals surface area contributed by atoms with Crippen LogP contribution >= 0.6 is 0 Å². The van der Waals surface area contributed by atoms with E-state index < -0.39 is 0 Å². The minimum absolute atomic E-state index is 0.00605. The zero-order valence-electron chi connectivity index (χ0n) is 14.8. The number of carbonyl (C=O) groups is 2. The molecule has 2 fully saturated rings. The Morgan fingerprint density at radius 3 is 2.85 bits per heavy atom. The molecule has 1 atom stereocenters. The standard InChI is InChI=1S/C20H23N3O3/c24-18(17-4-12-26-15-17)22-9-2-5-20(6-10-22)7-11-23(19(20)25)14-16-3-1-8-21-13-16/h1,3-4,8,12-13,15H,2,5-7,9-11,14H2/t20-/m1/s1. The molecular weight excluding hydrogens is 330 g/mol. The second kappa shape index (κ2) is 6.94.